The molecule has 108 valence electrons. The summed E-state index contributed by atoms with van der Waals surface area (Å²) < 4.78 is 6.92. The summed E-state index contributed by atoms with van der Waals surface area (Å²) in [5, 5.41) is 0. The van der Waals surface area contributed by atoms with Crippen LogP contribution in [0.1, 0.15) is 62.9 Å². The van der Waals surface area contributed by atoms with Crippen LogP contribution < -0.4 is 5.73 Å². The number of nitrogens with zero attached hydrogens (tertiary/aromatic N) is 2. The minimum absolute atomic E-state index is 0.227. The van der Waals surface area contributed by atoms with Crippen LogP contribution in [0.2, 0.25) is 0 Å². The minimum atomic E-state index is -0.446. The molecule has 1 rings (SSSR count). The van der Waals surface area contributed by atoms with Crippen LogP contribution >= 0.6 is 0 Å². The average Bonchev–Trinajstić information content (AvgIpc) is 2.66. The number of anilines is 1. The summed E-state index contributed by atoms with van der Waals surface area (Å²) in [4.78, 5) is 16.0. The van der Waals surface area contributed by atoms with E-state index in [9.17, 15) is 4.79 Å². The van der Waals surface area contributed by atoms with Gasteiger partial charge in [0.2, 0.25) is 0 Å². The van der Waals surface area contributed by atoms with Crippen molar-refractivity contribution < 1.29 is 9.53 Å². The van der Waals surface area contributed by atoms with E-state index in [1.807, 2.05) is 11.5 Å². The molecule has 2 N–H and O–H groups in total. The summed E-state index contributed by atoms with van der Waals surface area (Å²) in [6, 6.07) is 0.227. The molecule has 0 aromatic carbocycles. The highest BCUT2D eigenvalue weighted by Crippen LogP contribution is 2.29. The zero-order chi connectivity index (χ0) is 14.6. The zero-order valence-corrected chi connectivity index (χ0v) is 12.6. The molecule has 0 saturated carbocycles. The standard InChI is InChI=1S/C14H25N3O2/c1-6-11(7-2)9(4)17-10(5)16-12(13(17)15)14(18)19-8-3/h9,11H,6-8,15H2,1-5H3. The van der Waals surface area contributed by atoms with Crippen LogP contribution in [0.25, 0.3) is 0 Å². The number of carbonyl (C=O) groups is 1. The van der Waals surface area contributed by atoms with Crippen molar-refractivity contribution in [3.05, 3.63) is 11.5 Å². The van der Waals surface area contributed by atoms with Gasteiger partial charge in [0.1, 0.15) is 11.6 Å². The van der Waals surface area contributed by atoms with Crippen LogP contribution in [0.15, 0.2) is 0 Å². The summed E-state index contributed by atoms with van der Waals surface area (Å²) in [6.07, 6.45) is 2.15. The molecule has 0 spiro atoms. The fraction of sp³-hybridized carbons (Fsp3) is 0.714. The quantitative estimate of drug-likeness (QED) is 0.804. The molecule has 0 fully saturated rings. The van der Waals surface area contributed by atoms with E-state index in [0.717, 1.165) is 18.7 Å². The third kappa shape index (κ3) is 3.08. The number of aromatic nitrogens is 2. The second kappa shape index (κ2) is 6.59. The first-order valence-electron chi connectivity index (χ1n) is 6.99. The molecule has 0 aliphatic rings. The predicted molar refractivity (Wildman–Crippen MR) is 76.1 cm³/mol. The fourth-order valence-electron chi connectivity index (χ4n) is 2.61. The lowest BCUT2D eigenvalue weighted by molar-refractivity contribution is 0.0521. The number of carbonyl (C=O) groups excluding carboxylic acids is 1. The van der Waals surface area contributed by atoms with E-state index in [1.165, 1.54) is 0 Å². The normalized spacial score (nSPS) is 12.7. The topological polar surface area (TPSA) is 70.1 Å². The Morgan fingerprint density at radius 3 is 2.42 bits per heavy atom. The Morgan fingerprint density at radius 1 is 1.37 bits per heavy atom. The Morgan fingerprint density at radius 2 is 1.95 bits per heavy atom. The number of rotatable bonds is 6. The summed E-state index contributed by atoms with van der Waals surface area (Å²) in [6.45, 7) is 10.4. The van der Waals surface area contributed by atoms with Crippen LogP contribution in [0.4, 0.5) is 5.82 Å². The predicted octanol–water partition coefficient (Wildman–Crippen LogP) is 2.95. The Bertz CT molecular complexity index is 436. The number of hydrogen-bond donors (Lipinski definition) is 1. The first-order chi connectivity index (χ1) is 8.97. The molecule has 1 aromatic rings. The summed E-state index contributed by atoms with van der Waals surface area (Å²) in [7, 11) is 0. The van der Waals surface area contributed by atoms with E-state index in [-0.39, 0.29) is 11.7 Å². The summed E-state index contributed by atoms with van der Waals surface area (Å²) in [5.41, 5.74) is 6.32. The van der Waals surface area contributed by atoms with Crippen LogP contribution in [0.5, 0.6) is 0 Å². The highest BCUT2D eigenvalue weighted by Gasteiger charge is 2.25. The van der Waals surface area contributed by atoms with Crippen LogP contribution in [0, 0.1) is 12.8 Å². The lowest BCUT2D eigenvalue weighted by Gasteiger charge is -2.24. The molecule has 1 atom stereocenters. The van der Waals surface area contributed by atoms with E-state index in [1.54, 1.807) is 6.92 Å². The highest BCUT2D eigenvalue weighted by atomic mass is 16.5. The summed E-state index contributed by atoms with van der Waals surface area (Å²) >= 11 is 0. The number of nitrogen functional groups attached to an aromatic ring is 1. The maximum atomic E-state index is 11.8. The molecule has 1 aromatic heterocycles. The number of hydrogen-bond acceptors (Lipinski definition) is 4. The molecule has 0 radical (unpaired) electrons. The van der Waals surface area contributed by atoms with Crippen LogP contribution in [0.3, 0.4) is 0 Å². The molecule has 1 heterocycles. The molecular weight excluding hydrogens is 242 g/mol. The highest BCUT2D eigenvalue weighted by molar-refractivity contribution is 5.92. The van der Waals surface area contributed by atoms with Gasteiger partial charge in [0.05, 0.1) is 6.61 Å². The van der Waals surface area contributed by atoms with Crippen molar-refractivity contribution in [2.75, 3.05) is 12.3 Å². The van der Waals surface area contributed by atoms with E-state index >= 15 is 0 Å². The molecule has 0 aliphatic carbocycles. The Labute approximate surface area is 115 Å². The Hall–Kier alpha value is -1.52. The zero-order valence-electron chi connectivity index (χ0n) is 12.6. The molecule has 19 heavy (non-hydrogen) atoms. The molecule has 5 heteroatoms. The van der Waals surface area contributed by atoms with Gasteiger partial charge in [0, 0.05) is 6.04 Å². The van der Waals surface area contributed by atoms with Gasteiger partial charge in [-0.2, -0.15) is 0 Å². The van der Waals surface area contributed by atoms with Crippen LogP contribution in [-0.4, -0.2) is 22.1 Å². The average molecular weight is 267 g/mol. The molecule has 1 unspecified atom stereocenters. The number of aryl methyl sites for hydroxylation is 1. The molecule has 0 amide bonds. The smallest absolute Gasteiger partial charge is 0.360 e. The molecular formula is C14H25N3O2. The van der Waals surface area contributed by atoms with Crippen molar-refractivity contribution in [3.63, 3.8) is 0 Å². The van der Waals surface area contributed by atoms with Gasteiger partial charge in [-0.05, 0) is 26.7 Å². The van der Waals surface area contributed by atoms with Gasteiger partial charge in [-0.3, -0.25) is 0 Å². The second-order valence-corrected chi connectivity index (χ2v) is 4.80. The largest absolute Gasteiger partial charge is 0.461 e. The third-order valence-corrected chi connectivity index (χ3v) is 3.73. The monoisotopic (exact) mass is 267 g/mol. The maximum absolute atomic E-state index is 11.8. The van der Waals surface area contributed by atoms with Crippen molar-refractivity contribution >= 4 is 11.8 Å². The molecule has 0 bridgehead atoms. The van der Waals surface area contributed by atoms with E-state index in [4.69, 9.17) is 10.5 Å². The van der Waals surface area contributed by atoms with Crippen molar-refractivity contribution in [2.45, 2.75) is 53.5 Å². The molecule has 0 aliphatic heterocycles. The van der Waals surface area contributed by atoms with E-state index in [2.05, 4.69) is 25.8 Å². The van der Waals surface area contributed by atoms with Crippen molar-refractivity contribution in [1.29, 1.82) is 0 Å². The van der Waals surface area contributed by atoms with Crippen molar-refractivity contribution in [2.24, 2.45) is 5.92 Å². The summed E-state index contributed by atoms with van der Waals surface area (Å²) in [5.74, 6) is 1.25. The fourth-order valence-corrected chi connectivity index (χ4v) is 2.61. The van der Waals surface area contributed by atoms with Gasteiger partial charge < -0.3 is 15.0 Å². The van der Waals surface area contributed by atoms with Gasteiger partial charge in [-0.15, -0.1) is 0 Å². The third-order valence-electron chi connectivity index (χ3n) is 3.73. The lowest BCUT2D eigenvalue weighted by atomic mass is 9.95. The Kier molecular flexibility index (Phi) is 5.39. The van der Waals surface area contributed by atoms with Crippen molar-refractivity contribution in [1.82, 2.24) is 9.55 Å². The van der Waals surface area contributed by atoms with Gasteiger partial charge in [0.25, 0.3) is 0 Å². The SMILES string of the molecule is CCOC(=O)c1nc(C)n(C(C)C(CC)CC)c1N. The van der Waals surface area contributed by atoms with Gasteiger partial charge in [-0.25, -0.2) is 9.78 Å². The van der Waals surface area contributed by atoms with Crippen molar-refractivity contribution in [3.8, 4) is 0 Å². The van der Waals surface area contributed by atoms with Crippen LogP contribution in [-0.2, 0) is 4.74 Å². The number of nitrogens with two attached hydrogens (primary N) is 1. The van der Waals surface area contributed by atoms with Gasteiger partial charge in [-0.1, -0.05) is 26.7 Å². The van der Waals surface area contributed by atoms with E-state index in [0.29, 0.717) is 18.3 Å². The molecule has 0 saturated heterocycles. The Balaban J connectivity index is 3.12. The number of imidazole rings is 1. The van der Waals surface area contributed by atoms with E-state index < -0.39 is 5.97 Å². The first-order valence-corrected chi connectivity index (χ1v) is 6.99. The van der Waals surface area contributed by atoms with Gasteiger partial charge >= 0.3 is 5.97 Å². The first kappa shape index (κ1) is 15.5. The second-order valence-electron chi connectivity index (χ2n) is 4.80. The van der Waals surface area contributed by atoms with Gasteiger partial charge in [0.15, 0.2) is 5.69 Å². The molecule has 5 nitrogen and oxygen atoms in total. The minimum Gasteiger partial charge on any atom is -0.461 e. The number of ether oxygens (including phenoxy) is 1. The maximum Gasteiger partial charge on any atom is 0.360 e. The number of esters is 1. The lowest BCUT2D eigenvalue weighted by Crippen LogP contribution is -2.19.